The van der Waals surface area contributed by atoms with Gasteiger partial charge in [0.1, 0.15) is 0 Å². The van der Waals surface area contributed by atoms with Crippen LogP contribution in [0.3, 0.4) is 0 Å². The normalized spacial score (nSPS) is 23.4. The highest BCUT2D eigenvalue weighted by molar-refractivity contribution is 6.00. The number of carbonyl (C=O) groups is 1. The van der Waals surface area contributed by atoms with Gasteiger partial charge in [-0.2, -0.15) is 5.10 Å². The van der Waals surface area contributed by atoms with E-state index in [9.17, 15) is 4.79 Å². The first-order chi connectivity index (χ1) is 9.25. The summed E-state index contributed by atoms with van der Waals surface area (Å²) in [4.78, 5) is 16.3. The summed E-state index contributed by atoms with van der Waals surface area (Å²) >= 11 is 0. The third-order valence-electron chi connectivity index (χ3n) is 3.71. The maximum atomic E-state index is 12.3. The highest BCUT2D eigenvalue weighted by atomic mass is 16.1. The molecule has 2 aromatic heterocycles. The van der Waals surface area contributed by atoms with E-state index in [1.165, 1.54) is 0 Å². The fourth-order valence-electron chi connectivity index (χ4n) is 2.59. The van der Waals surface area contributed by atoms with Crippen LogP contribution in [-0.4, -0.2) is 32.6 Å². The predicted octanol–water partition coefficient (Wildman–Crippen LogP) is 0.729. The maximum absolute atomic E-state index is 12.3. The van der Waals surface area contributed by atoms with Gasteiger partial charge < -0.3 is 11.1 Å². The highest BCUT2D eigenvalue weighted by Gasteiger charge is 2.24. The quantitative estimate of drug-likeness (QED) is 0.832. The molecule has 0 radical (unpaired) electrons. The van der Waals surface area contributed by atoms with Gasteiger partial charge in [0.05, 0.1) is 23.5 Å². The van der Waals surface area contributed by atoms with Gasteiger partial charge >= 0.3 is 0 Å². The van der Waals surface area contributed by atoms with E-state index in [0.29, 0.717) is 11.1 Å². The second kappa shape index (κ2) is 4.97. The lowest BCUT2D eigenvalue weighted by Gasteiger charge is -2.29. The fourth-order valence-corrected chi connectivity index (χ4v) is 2.59. The van der Waals surface area contributed by atoms with Crippen LogP contribution in [0.2, 0.25) is 0 Å². The summed E-state index contributed by atoms with van der Waals surface area (Å²) in [7, 11) is 0. The molecule has 1 aliphatic rings. The van der Waals surface area contributed by atoms with Crippen LogP contribution >= 0.6 is 0 Å². The average Bonchev–Trinajstić information content (AvgIpc) is 2.85. The Labute approximate surface area is 111 Å². The van der Waals surface area contributed by atoms with E-state index < -0.39 is 0 Å². The molecule has 2 heterocycles. The lowest BCUT2D eigenvalue weighted by Crippen LogP contribution is -2.49. The number of nitrogens with one attached hydrogen (secondary N) is 1. The molecule has 2 aromatic rings. The Hall–Kier alpha value is -1.95. The molecular weight excluding hydrogens is 242 g/mol. The predicted molar refractivity (Wildman–Crippen MR) is 70.7 cm³/mol. The van der Waals surface area contributed by atoms with E-state index in [1.807, 2.05) is 0 Å². The molecule has 6 nitrogen and oxygen atoms in total. The van der Waals surface area contributed by atoms with E-state index in [-0.39, 0.29) is 18.0 Å². The molecule has 1 aliphatic carbocycles. The Balaban J connectivity index is 1.80. The van der Waals surface area contributed by atoms with Crippen molar-refractivity contribution in [2.24, 2.45) is 5.73 Å². The number of rotatable bonds is 2. The molecule has 0 bridgehead atoms. The first kappa shape index (κ1) is 12.1. The molecule has 100 valence electrons. The Bertz CT molecular complexity index is 593. The lowest BCUT2D eigenvalue weighted by atomic mass is 9.91. The zero-order chi connectivity index (χ0) is 13.2. The van der Waals surface area contributed by atoms with E-state index in [0.717, 1.165) is 25.7 Å². The summed E-state index contributed by atoms with van der Waals surface area (Å²) in [5.41, 5.74) is 7.30. The Kier molecular flexibility index (Phi) is 3.16. The summed E-state index contributed by atoms with van der Waals surface area (Å²) < 4.78 is 1.64. The van der Waals surface area contributed by atoms with Crippen LogP contribution in [0.4, 0.5) is 0 Å². The first-order valence-corrected chi connectivity index (χ1v) is 6.59. The molecular formula is C13H17N5O. The van der Waals surface area contributed by atoms with Gasteiger partial charge in [0.2, 0.25) is 0 Å². The van der Waals surface area contributed by atoms with Gasteiger partial charge in [-0.1, -0.05) is 12.8 Å². The maximum Gasteiger partial charge on any atom is 0.255 e. The summed E-state index contributed by atoms with van der Waals surface area (Å²) in [6, 6.07) is 0.116. The summed E-state index contributed by atoms with van der Waals surface area (Å²) in [5, 5.41) is 7.15. The molecule has 3 rings (SSSR count). The number of hydrogen-bond donors (Lipinski definition) is 2. The Morgan fingerprint density at radius 1 is 1.37 bits per heavy atom. The van der Waals surface area contributed by atoms with Gasteiger partial charge in [0, 0.05) is 24.5 Å². The van der Waals surface area contributed by atoms with Crippen LogP contribution < -0.4 is 11.1 Å². The molecule has 2 atom stereocenters. The van der Waals surface area contributed by atoms with Crippen LogP contribution in [0.15, 0.2) is 24.8 Å². The van der Waals surface area contributed by atoms with Crippen molar-refractivity contribution in [1.82, 2.24) is 19.9 Å². The zero-order valence-electron chi connectivity index (χ0n) is 10.6. The molecule has 0 aromatic carbocycles. The second-order valence-corrected chi connectivity index (χ2v) is 4.99. The number of carbonyl (C=O) groups excluding carboxylic acids is 1. The molecule has 0 spiro atoms. The van der Waals surface area contributed by atoms with E-state index in [1.54, 1.807) is 29.3 Å². The molecule has 1 amide bonds. The Morgan fingerprint density at radius 3 is 3.05 bits per heavy atom. The summed E-state index contributed by atoms with van der Waals surface area (Å²) in [5.74, 6) is -0.120. The van der Waals surface area contributed by atoms with Crippen LogP contribution in [-0.2, 0) is 0 Å². The zero-order valence-corrected chi connectivity index (χ0v) is 10.6. The average molecular weight is 259 g/mol. The second-order valence-electron chi connectivity index (χ2n) is 4.99. The van der Waals surface area contributed by atoms with E-state index >= 15 is 0 Å². The van der Waals surface area contributed by atoms with Crippen molar-refractivity contribution in [3.8, 4) is 0 Å². The largest absolute Gasteiger partial charge is 0.348 e. The van der Waals surface area contributed by atoms with Crippen LogP contribution in [0.25, 0.3) is 5.52 Å². The SMILES string of the molecule is N[C@@H]1CCCC[C@H]1NC(=O)c1cnn2ccncc12. The molecule has 19 heavy (non-hydrogen) atoms. The van der Waals surface area contributed by atoms with Gasteiger partial charge in [0.15, 0.2) is 0 Å². The first-order valence-electron chi connectivity index (χ1n) is 6.59. The van der Waals surface area contributed by atoms with Crippen molar-refractivity contribution >= 4 is 11.4 Å². The van der Waals surface area contributed by atoms with Crippen molar-refractivity contribution in [2.75, 3.05) is 0 Å². The number of hydrogen-bond acceptors (Lipinski definition) is 4. The van der Waals surface area contributed by atoms with Crippen molar-refractivity contribution < 1.29 is 4.79 Å². The molecule has 6 heteroatoms. The standard InChI is InChI=1S/C13H17N5O/c14-10-3-1-2-4-11(10)17-13(19)9-7-16-18-6-5-15-8-12(9)18/h5-8,10-11H,1-4,14H2,(H,17,19)/t10-,11-/m1/s1. The third kappa shape index (κ3) is 2.31. The van der Waals surface area contributed by atoms with Crippen molar-refractivity contribution in [1.29, 1.82) is 0 Å². The van der Waals surface area contributed by atoms with Gasteiger partial charge in [0.25, 0.3) is 5.91 Å². The molecule has 1 saturated carbocycles. The molecule has 0 unspecified atom stereocenters. The lowest BCUT2D eigenvalue weighted by molar-refractivity contribution is 0.0923. The monoisotopic (exact) mass is 259 g/mol. The number of amides is 1. The fraction of sp³-hybridized carbons (Fsp3) is 0.462. The number of fused-ring (bicyclic) bond motifs is 1. The summed E-state index contributed by atoms with van der Waals surface area (Å²) in [6.45, 7) is 0. The van der Waals surface area contributed by atoms with Gasteiger partial charge in [-0.15, -0.1) is 0 Å². The van der Waals surface area contributed by atoms with Crippen LogP contribution in [0.5, 0.6) is 0 Å². The number of nitrogens with two attached hydrogens (primary N) is 1. The number of nitrogens with zero attached hydrogens (tertiary/aromatic N) is 3. The van der Waals surface area contributed by atoms with Gasteiger partial charge in [-0.3, -0.25) is 9.78 Å². The van der Waals surface area contributed by atoms with E-state index in [4.69, 9.17) is 5.73 Å². The minimum Gasteiger partial charge on any atom is -0.348 e. The molecule has 0 saturated heterocycles. The highest BCUT2D eigenvalue weighted by Crippen LogP contribution is 2.18. The van der Waals surface area contributed by atoms with Crippen molar-refractivity contribution in [3.63, 3.8) is 0 Å². The topological polar surface area (TPSA) is 85.3 Å². The van der Waals surface area contributed by atoms with Crippen molar-refractivity contribution in [3.05, 3.63) is 30.4 Å². The molecule has 1 fully saturated rings. The van der Waals surface area contributed by atoms with Gasteiger partial charge in [-0.25, -0.2) is 4.52 Å². The minimum atomic E-state index is -0.120. The number of aromatic nitrogens is 3. The minimum absolute atomic E-state index is 0.0534. The van der Waals surface area contributed by atoms with Crippen LogP contribution in [0, 0.1) is 0 Å². The van der Waals surface area contributed by atoms with E-state index in [2.05, 4.69) is 15.4 Å². The molecule has 3 N–H and O–H groups in total. The van der Waals surface area contributed by atoms with Gasteiger partial charge in [-0.05, 0) is 12.8 Å². The van der Waals surface area contributed by atoms with Crippen molar-refractivity contribution in [2.45, 2.75) is 37.8 Å². The van der Waals surface area contributed by atoms with Crippen LogP contribution in [0.1, 0.15) is 36.0 Å². The summed E-state index contributed by atoms with van der Waals surface area (Å²) in [6.07, 6.45) is 10.8. The Morgan fingerprint density at radius 2 is 2.21 bits per heavy atom. The molecule has 0 aliphatic heterocycles. The third-order valence-corrected chi connectivity index (χ3v) is 3.71. The smallest absolute Gasteiger partial charge is 0.255 e.